The van der Waals surface area contributed by atoms with Crippen LogP contribution in [0.3, 0.4) is 0 Å². The molecule has 3 fully saturated rings. The third-order valence-corrected chi connectivity index (χ3v) is 8.58. The van der Waals surface area contributed by atoms with E-state index in [1.165, 1.54) is 5.57 Å². The number of aliphatic hydroxyl groups is 2. The molecule has 0 spiro atoms. The molecule has 24 heavy (non-hydrogen) atoms. The van der Waals surface area contributed by atoms with E-state index in [-0.39, 0.29) is 16.9 Å². The van der Waals surface area contributed by atoms with Crippen molar-refractivity contribution >= 4 is 11.6 Å². The topological polar surface area (TPSA) is 40.5 Å². The van der Waals surface area contributed by atoms with E-state index < -0.39 is 5.60 Å². The maximum absolute atomic E-state index is 11.2. The van der Waals surface area contributed by atoms with Crippen LogP contribution in [0, 0.1) is 39.9 Å². The lowest BCUT2D eigenvalue weighted by Crippen LogP contribution is -2.54. The summed E-state index contributed by atoms with van der Waals surface area (Å²) in [5, 5.41) is 23.7. The van der Waals surface area contributed by atoms with Crippen molar-refractivity contribution in [2.24, 2.45) is 28.6 Å². The van der Waals surface area contributed by atoms with E-state index in [2.05, 4.69) is 31.2 Å². The largest absolute Gasteiger partial charge is 0.393 e. The first-order chi connectivity index (χ1) is 11.3. The van der Waals surface area contributed by atoms with Gasteiger partial charge in [0.1, 0.15) is 5.60 Å². The van der Waals surface area contributed by atoms with E-state index in [1.54, 1.807) is 0 Å². The molecular weight excluding hydrogens is 320 g/mol. The van der Waals surface area contributed by atoms with E-state index in [4.69, 9.17) is 11.6 Å². The van der Waals surface area contributed by atoms with Crippen LogP contribution in [0.2, 0.25) is 0 Å². The van der Waals surface area contributed by atoms with Crippen molar-refractivity contribution in [1.29, 1.82) is 0 Å². The Morgan fingerprint density at radius 3 is 2.62 bits per heavy atom. The Kier molecular flexibility index (Phi) is 3.89. The fourth-order valence-corrected chi connectivity index (χ4v) is 7.10. The highest BCUT2D eigenvalue weighted by Crippen LogP contribution is 2.67. The highest BCUT2D eigenvalue weighted by atomic mass is 35.5. The predicted molar refractivity (Wildman–Crippen MR) is 96.3 cm³/mol. The fourth-order valence-electron chi connectivity index (χ4n) is 6.94. The first-order valence-electron chi connectivity index (χ1n) is 9.57. The molecule has 0 saturated heterocycles. The van der Waals surface area contributed by atoms with Gasteiger partial charge in [0, 0.05) is 10.8 Å². The smallest absolute Gasteiger partial charge is 0.132 e. The number of hydrogen-bond acceptors (Lipinski definition) is 2. The van der Waals surface area contributed by atoms with Gasteiger partial charge in [0.25, 0.3) is 0 Å². The summed E-state index contributed by atoms with van der Waals surface area (Å²) in [6.07, 6.45) is 10.3. The van der Waals surface area contributed by atoms with Gasteiger partial charge in [-0.05, 0) is 86.1 Å². The number of allylic oxidation sites excluding steroid dienone is 1. The Bertz CT molecular complexity index is 631. The van der Waals surface area contributed by atoms with E-state index in [0.29, 0.717) is 17.8 Å². The minimum absolute atomic E-state index is 0.133. The number of fused-ring (bicyclic) bond motifs is 5. The summed E-state index contributed by atoms with van der Waals surface area (Å²) in [7, 11) is 0. The first-order valence-corrected chi connectivity index (χ1v) is 9.95. The van der Waals surface area contributed by atoms with Crippen molar-refractivity contribution in [2.75, 3.05) is 0 Å². The van der Waals surface area contributed by atoms with E-state index >= 15 is 0 Å². The number of aliphatic hydroxyl groups excluding tert-OH is 1. The molecule has 2 nitrogen and oxygen atoms in total. The molecule has 7 atom stereocenters. The Morgan fingerprint density at radius 1 is 1.12 bits per heavy atom. The monoisotopic (exact) mass is 348 g/mol. The van der Waals surface area contributed by atoms with Gasteiger partial charge in [0.2, 0.25) is 0 Å². The van der Waals surface area contributed by atoms with Gasteiger partial charge in [-0.15, -0.1) is 0 Å². The second kappa shape index (κ2) is 5.50. The molecule has 3 heteroatoms. The Hall–Kier alpha value is -0.490. The summed E-state index contributed by atoms with van der Waals surface area (Å²) in [6.45, 7) is 4.68. The Labute approximate surface area is 150 Å². The van der Waals surface area contributed by atoms with Crippen molar-refractivity contribution in [3.63, 3.8) is 0 Å². The van der Waals surface area contributed by atoms with Gasteiger partial charge >= 0.3 is 0 Å². The average molecular weight is 349 g/mol. The van der Waals surface area contributed by atoms with Crippen LogP contribution >= 0.6 is 11.6 Å². The van der Waals surface area contributed by atoms with Gasteiger partial charge in [0.15, 0.2) is 0 Å². The molecule has 4 rings (SSSR count). The lowest BCUT2D eigenvalue weighted by molar-refractivity contribution is -0.0970. The summed E-state index contributed by atoms with van der Waals surface area (Å²) >= 11 is 5.67. The zero-order valence-electron chi connectivity index (χ0n) is 14.8. The second-order valence-electron chi connectivity index (χ2n) is 9.23. The standard InChI is InChI=1S/C21H29ClO2/c1-19-8-5-15(23)13-14(19)3-4-16-17(19)6-9-20(2)18(16)7-10-21(20,24)11-12-22/h3,15-18,23-24H,4-10,13H2,1-2H3/t15-,16+,17-,18-,19-,20-,21-/m0/s1. The van der Waals surface area contributed by atoms with Crippen LogP contribution in [0.15, 0.2) is 11.6 Å². The zero-order valence-corrected chi connectivity index (χ0v) is 15.6. The maximum atomic E-state index is 11.2. The van der Waals surface area contributed by atoms with Gasteiger partial charge in [0.05, 0.1) is 6.10 Å². The van der Waals surface area contributed by atoms with E-state index in [1.807, 2.05) is 0 Å². The third kappa shape index (κ3) is 2.11. The van der Waals surface area contributed by atoms with Gasteiger partial charge in [-0.2, -0.15) is 0 Å². The Balaban J connectivity index is 1.69. The highest BCUT2D eigenvalue weighted by Gasteiger charge is 2.63. The lowest BCUT2D eigenvalue weighted by atomic mass is 9.47. The Morgan fingerprint density at radius 2 is 1.88 bits per heavy atom. The molecule has 4 aliphatic rings. The van der Waals surface area contributed by atoms with E-state index in [0.717, 1.165) is 51.4 Å². The summed E-state index contributed by atoms with van der Waals surface area (Å²) in [4.78, 5) is 0. The number of halogens is 1. The lowest BCUT2D eigenvalue weighted by Gasteiger charge is -2.58. The molecule has 0 bridgehead atoms. The van der Waals surface area contributed by atoms with Crippen LogP contribution in [-0.4, -0.2) is 21.9 Å². The van der Waals surface area contributed by atoms with Crippen molar-refractivity contribution in [3.05, 3.63) is 11.6 Å². The van der Waals surface area contributed by atoms with Gasteiger partial charge in [-0.3, -0.25) is 0 Å². The van der Waals surface area contributed by atoms with Crippen LogP contribution in [0.4, 0.5) is 0 Å². The van der Waals surface area contributed by atoms with Crippen molar-refractivity contribution < 1.29 is 10.2 Å². The van der Waals surface area contributed by atoms with Crippen LogP contribution in [0.1, 0.15) is 65.2 Å². The van der Waals surface area contributed by atoms with Crippen molar-refractivity contribution in [3.8, 4) is 11.3 Å². The molecule has 4 aliphatic carbocycles. The summed E-state index contributed by atoms with van der Waals surface area (Å²) in [6, 6.07) is 0. The van der Waals surface area contributed by atoms with Gasteiger partial charge in [-0.25, -0.2) is 0 Å². The van der Waals surface area contributed by atoms with Crippen LogP contribution in [0.25, 0.3) is 0 Å². The van der Waals surface area contributed by atoms with Crippen molar-refractivity contribution in [1.82, 2.24) is 0 Å². The molecular formula is C21H29ClO2. The average Bonchev–Trinajstić information content (AvgIpc) is 2.80. The fraction of sp³-hybridized carbons (Fsp3) is 0.810. The first kappa shape index (κ1) is 17.0. The zero-order chi connectivity index (χ0) is 17.2. The van der Waals surface area contributed by atoms with E-state index in [9.17, 15) is 10.2 Å². The summed E-state index contributed by atoms with van der Waals surface area (Å²) in [5.74, 6) is 4.81. The molecule has 0 aromatic heterocycles. The van der Waals surface area contributed by atoms with Crippen molar-refractivity contribution in [2.45, 2.75) is 76.9 Å². The summed E-state index contributed by atoms with van der Waals surface area (Å²) < 4.78 is 0. The summed E-state index contributed by atoms with van der Waals surface area (Å²) in [5.41, 5.74) is 0.701. The minimum Gasteiger partial charge on any atom is -0.393 e. The van der Waals surface area contributed by atoms with Crippen LogP contribution in [0.5, 0.6) is 0 Å². The molecule has 0 unspecified atom stereocenters. The molecule has 0 aromatic carbocycles. The third-order valence-electron chi connectivity index (χ3n) is 8.48. The molecule has 0 heterocycles. The van der Waals surface area contributed by atoms with Crippen LogP contribution in [-0.2, 0) is 0 Å². The highest BCUT2D eigenvalue weighted by molar-refractivity contribution is 6.30. The molecule has 132 valence electrons. The molecule has 0 aliphatic heterocycles. The number of hydrogen-bond donors (Lipinski definition) is 2. The molecule has 0 radical (unpaired) electrons. The van der Waals surface area contributed by atoms with Gasteiger partial charge < -0.3 is 10.2 Å². The molecule has 2 N–H and O–H groups in total. The normalized spacial score (nSPS) is 53.1. The molecule has 0 aromatic rings. The maximum Gasteiger partial charge on any atom is 0.132 e. The number of rotatable bonds is 0. The SMILES string of the molecule is C[C@]12CC[C@H](O)CC1=CC[C@@H]1[C@@H]2CC[C@@]2(C)[C@H]1CC[C@]2(O)C#CCl. The second-order valence-corrected chi connectivity index (χ2v) is 9.42. The predicted octanol–water partition coefficient (Wildman–Crippen LogP) is 4.24. The molecule has 0 amide bonds. The molecule has 3 saturated carbocycles. The van der Waals surface area contributed by atoms with Crippen LogP contribution < -0.4 is 0 Å². The minimum atomic E-state index is -0.919. The quantitative estimate of drug-likeness (QED) is 0.507. The van der Waals surface area contributed by atoms with Gasteiger partial charge in [-0.1, -0.05) is 31.4 Å².